The number of hydrogen-bond acceptors (Lipinski definition) is 22. The summed E-state index contributed by atoms with van der Waals surface area (Å²) in [4.78, 5) is 46.6. The van der Waals surface area contributed by atoms with Crippen LogP contribution in [0.2, 0.25) is 0 Å². The molecule has 2 spiro atoms. The molecular formula is C55H55N3O21. The lowest BCUT2D eigenvalue weighted by Crippen LogP contribution is -2.81. The fourth-order valence-electron chi connectivity index (χ4n) is 12.0. The molecule has 24 heteroatoms. The van der Waals surface area contributed by atoms with Crippen LogP contribution >= 0.6 is 0 Å². The number of aliphatic hydroxyl groups is 9. The number of ether oxygens (including phenoxy) is 4. The van der Waals surface area contributed by atoms with Crippen molar-refractivity contribution in [3.05, 3.63) is 104 Å². The van der Waals surface area contributed by atoms with E-state index in [4.69, 9.17) is 23.4 Å². The standard InChI is InChI=1S/C55H55N3O21/c1-25-6-13-57-47-31(25)18-29(24-58-47)32-20-30-21-33-26(7-14-56-33)5-2-9-50(72)43(65)45(67)54(30,76-38-23-37-40(42(64)39(32)38)34(61)22-36(75-37)28-17-27(8-16-60)41(63)35(62)19-28)79-52(50)11-3-10-51(48(69)70)55(73,74)46(68)44(66)53(78-51,12-4-15-59)77-49(52)71/h7,14,17-20,22-25,32,43-47,56-60,62-68,72-74H,4,6,8-9,11-13,15-16,21H2,1H3,(H,69,70). The van der Waals surface area contributed by atoms with Crippen LogP contribution in [0.1, 0.15) is 67.3 Å². The van der Waals surface area contributed by atoms with Gasteiger partial charge >= 0.3 is 11.9 Å². The van der Waals surface area contributed by atoms with Crippen LogP contribution in [0.25, 0.3) is 22.3 Å². The van der Waals surface area contributed by atoms with E-state index in [1.807, 2.05) is 13.0 Å². The summed E-state index contributed by atoms with van der Waals surface area (Å²) >= 11 is 0. The van der Waals surface area contributed by atoms with Gasteiger partial charge in [-0.15, -0.1) is 0 Å². The molecule has 4 bridgehead atoms. The van der Waals surface area contributed by atoms with Gasteiger partial charge < -0.3 is 100 Å². The van der Waals surface area contributed by atoms with Gasteiger partial charge in [-0.05, 0) is 67.0 Å². The highest BCUT2D eigenvalue weighted by Crippen LogP contribution is 2.57. The molecule has 3 fully saturated rings. The lowest BCUT2D eigenvalue weighted by atomic mass is 9.67. The van der Waals surface area contributed by atoms with E-state index in [0.29, 0.717) is 23.4 Å². The molecule has 24 nitrogen and oxygen atoms in total. The maximum atomic E-state index is 15.8. The second-order valence-electron chi connectivity index (χ2n) is 20.9. The third kappa shape index (κ3) is 7.82. The first kappa shape index (κ1) is 53.7. The zero-order valence-electron chi connectivity index (χ0n) is 41.9. The Kier molecular flexibility index (Phi) is 12.9. The summed E-state index contributed by atoms with van der Waals surface area (Å²) in [5.74, 6) is -8.11. The first-order valence-electron chi connectivity index (χ1n) is 25.4. The fraction of sp³-hybridized carbons (Fsp3) is 0.436. The zero-order valence-corrected chi connectivity index (χ0v) is 41.9. The molecule has 9 heterocycles. The Morgan fingerprint density at radius 2 is 1.68 bits per heavy atom. The van der Waals surface area contributed by atoms with Gasteiger partial charge in [-0.2, -0.15) is 0 Å². The quantitative estimate of drug-likeness (QED) is 0.0324. The van der Waals surface area contributed by atoms with Crippen molar-refractivity contribution in [2.75, 3.05) is 19.8 Å². The Labute approximate surface area is 447 Å². The number of rotatable bonds is 8. The molecule has 12 atom stereocenters. The summed E-state index contributed by atoms with van der Waals surface area (Å²) in [5.41, 5.74) is -9.75. The molecule has 416 valence electrons. The minimum Gasteiger partial charge on any atom is -0.507 e. The maximum Gasteiger partial charge on any atom is 0.354 e. The molecule has 79 heavy (non-hydrogen) atoms. The van der Waals surface area contributed by atoms with Crippen LogP contribution in [-0.2, 0) is 36.6 Å². The Balaban J connectivity index is 1.21. The van der Waals surface area contributed by atoms with Crippen molar-refractivity contribution in [3.8, 4) is 58.0 Å². The number of phenolic OH excluding ortho intramolecular Hbond substituents is 3. The molecule has 0 amide bonds. The summed E-state index contributed by atoms with van der Waals surface area (Å²) in [6, 6.07) is 6.21. The van der Waals surface area contributed by atoms with E-state index in [0.717, 1.165) is 30.2 Å². The number of nitrogens with one attached hydrogen (secondary N) is 3. The number of H-pyrrole nitrogens is 1. The minimum absolute atomic E-state index is 0.00541. The number of piperidine rings is 1. The Morgan fingerprint density at radius 3 is 2.43 bits per heavy atom. The number of fused-ring (bicyclic) bond motifs is 7. The number of aromatic amines is 1. The van der Waals surface area contributed by atoms with Crippen LogP contribution < -0.4 is 20.8 Å². The first-order valence-corrected chi connectivity index (χ1v) is 25.4. The predicted octanol–water partition coefficient (Wildman–Crippen LogP) is -1.20. The number of carboxylic acids is 1. The number of carbonyl (C=O) groups excluding carboxylic acids is 1. The van der Waals surface area contributed by atoms with Gasteiger partial charge in [0, 0.05) is 96.4 Å². The maximum absolute atomic E-state index is 15.8. The second-order valence-corrected chi connectivity index (χ2v) is 20.9. The van der Waals surface area contributed by atoms with Gasteiger partial charge in [-0.1, -0.05) is 36.8 Å². The summed E-state index contributed by atoms with van der Waals surface area (Å²) in [7, 11) is 0. The van der Waals surface area contributed by atoms with E-state index < -0.39 is 155 Å². The first-order chi connectivity index (χ1) is 37.5. The summed E-state index contributed by atoms with van der Waals surface area (Å²) in [6.07, 6.45) is -8.10. The summed E-state index contributed by atoms with van der Waals surface area (Å²) in [5, 5.41) is 156. The normalized spacial score (nSPS) is 34.1. The molecular weight excluding hydrogens is 1040 g/mol. The van der Waals surface area contributed by atoms with E-state index in [1.165, 1.54) is 12.1 Å². The second kappa shape index (κ2) is 18.9. The average molecular weight is 1090 g/mol. The number of aliphatic hydroxyl groups excluding tert-OH is 6. The molecule has 4 aromatic rings. The lowest BCUT2D eigenvalue weighted by molar-refractivity contribution is -0.432. The van der Waals surface area contributed by atoms with Crippen molar-refractivity contribution in [1.82, 2.24) is 15.6 Å². The van der Waals surface area contributed by atoms with Crippen molar-refractivity contribution in [2.45, 2.75) is 123 Å². The number of allylic oxidation sites excluding steroid dienone is 3. The number of esters is 1. The van der Waals surface area contributed by atoms with E-state index in [9.17, 15) is 76.0 Å². The Bertz CT molecular complexity index is 3520. The largest absolute Gasteiger partial charge is 0.507 e. The highest BCUT2D eigenvalue weighted by Gasteiger charge is 2.78. The van der Waals surface area contributed by atoms with Gasteiger partial charge in [0.1, 0.15) is 46.0 Å². The number of benzene rings is 2. The van der Waals surface area contributed by atoms with Gasteiger partial charge in [-0.3, -0.25) is 10.1 Å². The number of carbonyl (C=O) groups is 2. The summed E-state index contributed by atoms with van der Waals surface area (Å²) < 4.78 is 31.9. The van der Waals surface area contributed by atoms with Gasteiger partial charge in [-0.25, -0.2) is 9.59 Å². The minimum atomic E-state index is -3.98. The van der Waals surface area contributed by atoms with Crippen LogP contribution in [-0.4, -0.2) is 168 Å². The third-order valence-electron chi connectivity index (χ3n) is 16.3. The molecule has 0 saturated carbocycles. The molecule has 2 aromatic carbocycles. The number of phenols is 3. The van der Waals surface area contributed by atoms with Gasteiger partial charge in [0.15, 0.2) is 29.1 Å². The van der Waals surface area contributed by atoms with Crippen molar-refractivity contribution < 1.29 is 99.3 Å². The highest BCUT2D eigenvalue weighted by atomic mass is 16.8. The van der Waals surface area contributed by atoms with Crippen LogP contribution in [0.3, 0.4) is 0 Å². The van der Waals surface area contributed by atoms with Gasteiger partial charge in [0.05, 0.1) is 12.6 Å². The zero-order chi connectivity index (χ0) is 56.4. The number of hydrogen-bond donors (Lipinski definition) is 16. The molecule has 3 saturated heterocycles. The molecule has 16 N–H and O–H groups in total. The van der Waals surface area contributed by atoms with Crippen LogP contribution in [0.5, 0.6) is 23.0 Å². The fourth-order valence-corrected chi connectivity index (χ4v) is 12.0. The van der Waals surface area contributed by atoms with Gasteiger partial charge in [0.25, 0.3) is 11.4 Å². The van der Waals surface area contributed by atoms with Crippen molar-refractivity contribution in [1.29, 1.82) is 0 Å². The molecule has 8 aliphatic rings. The molecule has 12 unspecified atom stereocenters. The number of carboxylic acid groups (broad SMARTS) is 1. The number of dihydropyridines is 1. The number of aromatic hydroxyl groups is 3. The number of aromatic nitrogens is 1. The smallest absolute Gasteiger partial charge is 0.354 e. The van der Waals surface area contributed by atoms with E-state index in [1.54, 1.807) is 18.5 Å². The van der Waals surface area contributed by atoms with Gasteiger partial charge in [0.2, 0.25) is 17.2 Å². The monoisotopic (exact) mass is 1090 g/mol. The molecule has 12 rings (SSSR count). The number of aliphatic carboxylic acids is 1. The SMILES string of the molecule is CC1CCNC2NC=C(C3C=C4Cc5[nH]ccc5C#CCC5(O)C(O)C(O)C4(Oc4cc6oc(-c7cc(O)c(O)c(CCO)c7)cc(=O)c6c(O)c43)OC53CC#CC4(C(=O)O)OC(CCCO)(OC3=O)C(O)C(O)C4(O)O)C=C12. The molecule has 0 radical (unpaired) electrons. The molecule has 2 aromatic heterocycles. The molecule has 1 aliphatic carbocycles. The van der Waals surface area contributed by atoms with E-state index in [-0.39, 0.29) is 52.9 Å². The van der Waals surface area contributed by atoms with Crippen molar-refractivity contribution >= 4 is 22.9 Å². The van der Waals surface area contributed by atoms with E-state index >= 15 is 4.79 Å². The Hall–Kier alpha value is -7.27. The van der Waals surface area contributed by atoms with Crippen molar-refractivity contribution in [2.24, 2.45) is 5.92 Å². The topological polar surface area (TPSA) is 404 Å². The van der Waals surface area contributed by atoms with Crippen LogP contribution in [0.15, 0.2) is 80.8 Å². The predicted molar refractivity (Wildman–Crippen MR) is 268 cm³/mol. The van der Waals surface area contributed by atoms with Crippen molar-refractivity contribution in [3.63, 3.8) is 0 Å². The Morgan fingerprint density at radius 1 is 0.899 bits per heavy atom. The van der Waals surface area contributed by atoms with Crippen LogP contribution in [0.4, 0.5) is 0 Å². The lowest BCUT2D eigenvalue weighted by Gasteiger charge is -2.58. The van der Waals surface area contributed by atoms with Crippen LogP contribution in [0, 0.1) is 29.6 Å². The highest BCUT2D eigenvalue weighted by molar-refractivity contribution is 5.90. The average Bonchev–Trinajstić information content (AvgIpc) is 3.44. The van der Waals surface area contributed by atoms with E-state index in [2.05, 4.69) is 39.3 Å². The summed E-state index contributed by atoms with van der Waals surface area (Å²) in [6.45, 7) is 1.51. The molecule has 7 aliphatic heterocycles. The third-order valence-corrected chi connectivity index (χ3v) is 16.3.